The van der Waals surface area contributed by atoms with Crippen LogP contribution in [0, 0.1) is 0 Å². The zero-order chi connectivity index (χ0) is 19.6. The maximum absolute atomic E-state index is 6.87. The van der Waals surface area contributed by atoms with E-state index in [1.165, 1.54) is 22.3 Å². The van der Waals surface area contributed by atoms with Crippen LogP contribution in [-0.2, 0) is 28.8 Å². The summed E-state index contributed by atoms with van der Waals surface area (Å²) in [6.07, 6.45) is 1.69. The van der Waals surface area contributed by atoms with Gasteiger partial charge in [0.05, 0.1) is 0 Å². The highest BCUT2D eigenvalue weighted by Gasteiger charge is 2.70. The Bertz CT molecular complexity index is 971. The van der Waals surface area contributed by atoms with Gasteiger partial charge in [-0.15, -0.1) is 0 Å². The number of hydrogen-bond acceptors (Lipinski definition) is 1. The Morgan fingerprint density at radius 2 is 0.724 bits per heavy atom. The number of ether oxygens (including phenoxy) is 1. The maximum atomic E-state index is 6.87. The molecule has 0 N–H and O–H groups in total. The van der Waals surface area contributed by atoms with Crippen LogP contribution in [0.4, 0.5) is 0 Å². The van der Waals surface area contributed by atoms with Gasteiger partial charge in [0.25, 0.3) is 0 Å². The molecule has 1 heteroatoms. The molecule has 29 heavy (non-hydrogen) atoms. The summed E-state index contributed by atoms with van der Waals surface area (Å²) in [5.74, 6) is 0. The molecule has 1 nitrogen and oxygen atoms in total. The molecular weight excluding hydrogens is 352 g/mol. The van der Waals surface area contributed by atoms with Crippen molar-refractivity contribution in [2.75, 3.05) is 0 Å². The molecule has 1 heterocycles. The number of epoxide rings is 1. The molecule has 0 saturated carbocycles. The minimum atomic E-state index is -0.382. The van der Waals surface area contributed by atoms with Gasteiger partial charge in [-0.1, -0.05) is 121 Å². The largest absolute Gasteiger partial charge is 0.352 e. The van der Waals surface area contributed by atoms with Gasteiger partial charge in [0.2, 0.25) is 0 Å². The Kier molecular flexibility index (Phi) is 4.54. The summed E-state index contributed by atoms with van der Waals surface area (Å²) in [7, 11) is 0. The topological polar surface area (TPSA) is 12.5 Å². The number of hydrogen-bond donors (Lipinski definition) is 0. The summed E-state index contributed by atoms with van der Waals surface area (Å²) < 4.78 is 6.87. The van der Waals surface area contributed by atoms with Gasteiger partial charge in [0.1, 0.15) is 11.2 Å². The fraction of sp³-hybridized carbons (Fsp3) is 0.143. The fourth-order valence-corrected chi connectivity index (χ4v) is 4.60. The van der Waals surface area contributed by atoms with Crippen LogP contribution >= 0.6 is 0 Å². The second-order valence-corrected chi connectivity index (χ2v) is 7.81. The quantitative estimate of drug-likeness (QED) is 0.360. The van der Waals surface area contributed by atoms with Crippen LogP contribution in [0.2, 0.25) is 0 Å². The van der Waals surface area contributed by atoms with Crippen molar-refractivity contribution in [1.29, 1.82) is 0 Å². The van der Waals surface area contributed by atoms with Gasteiger partial charge in [-0.3, -0.25) is 0 Å². The van der Waals surface area contributed by atoms with E-state index >= 15 is 0 Å². The molecule has 4 aromatic rings. The smallest absolute Gasteiger partial charge is 0.132 e. The van der Waals surface area contributed by atoms with E-state index in [4.69, 9.17) is 4.74 Å². The van der Waals surface area contributed by atoms with Crippen LogP contribution in [0.1, 0.15) is 22.3 Å². The molecule has 1 saturated heterocycles. The van der Waals surface area contributed by atoms with Gasteiger partial charge in [-0.25, -0.2) is 0 Å². The van der Waals surface area contributed by atoms with Crippen LogP contribution in [-0.4, -0.2) is 0 Å². The average Bonchev–Trinajstić information content (AvgIpc) is 3.45. The van der Waals surface area contributed by atoms with Crippen molar-refractivity contribution >= 4 is 0 Å². The summed E-state index contributed by atoms with van der Waals surface area (Å²) in [6, 6.07) is 42.8. The van der Waals surface area contributed by atoms with E-state index in [1.54, 1.807) is 0 Å². The zero-order valence-corrected chi connectivity index (χ0v) is 16.4. The Hall–Kier alpha value is -3.16. The molecule has 4 aromatic carbocycles. The molecule has 2 atom stereocenters. The van der Waals surface area contributed by atoms with Gasteiger partial charge in [0, 0.05) is 12.8 Å². The molecule has 1 aliphatic rings. The maximum Gasteiger partial charge on any atom is 0.132 e. The Morgan fingerprint density at radius 3 is 1.07 bits per heavy atom. The summed E-state index contributed by atoms with van der Waals surface area (Å²) in [6.45, 7) is 0. The lowest BCUT2D eigenvalue weighted by Crippen LogP contribution is -2.27. The minimum Gasteiger partial charge on any atom is -0.352 e. The van der Waals surface area contributed by atoms with Crippen LogP contribution in [0.3, 0.4) is 0 Å². The van der Waals surface area contributed by atoms with Crippen molar-refractivity contribution in [2.45, 2.75) is 24.0 Å². The van der Waals surface area contributed by atoms with E-state index in [0.717, 1.165) is 12.8 Å². The van der Waals surface area contributed by atoms with E-state index < -0.39 is 0 Å². The van der Waals surface area contributed by atoms with Crippen molar-refractivity contribution in [3.8, 4) is 0 Å². The second kappa shape index (κ2) is 7.35. The molecule has 1 fully saturated rings. The summed E-state index contributed by atoms with van der Waals surface area (Å²) in [5.41, 5.74) is 4.30. The molecule has 0 aromatic heterocycles. The highest BCUT2D eigenvalue weighted by Crippen LogP contribution is 2.65. The molecule has 142 valence electrons. The van der Waals surface area contributed by atoms with Crippen LogP contribution in [0.25, 0.3) is 0 Å². The van der Waals surface area contributed by atoms with Crippen LogP contribution in [0.15, 0.2) is 121 Å². The first-order valence-corrected chi connectivity index (χ1v) is 10.2. The van der Waals surface area contributed by atoms with Crippen LogP contribution in [0.5, 0.6) is 0 Å². The van der Waals surface area contributed by atoms with E-state index in [-0.39, 0.29) is 11.2 Å². The third kappa shape index (κ3) is 3.18. The van der Waals surface area contributed by atoms with Crippen molar-refractivity contribution in [1.82, 2.24) is 0 Å². The standard InChI is InChI=1S/C28H24O/c1-5-13-23(14-6-1)21-27(25-17-9-3-10-18-25)28(29-27,26-19-11-4-12-20-26)22-24-15-7-2-8-16-24/h1-20H,21-22H2. The van der Waals surface area contributed by atoms with Crippen molar-refractivity contribution in [3.05, 3.63) is 144 Å². The Balaban J connectivity index is 1.65. The van der Waals surface area contributed by atoms with Crippen molar-refractivity contribution in [3.63, 3.8) is 0 Å². The van der Waals surface area contributed by atoms with Crippen LogP contribution < -0.4 is 0 Å². The number of benzene rings is 4. The molecule has 0 amide bonds. The Morgan fingerprint density at radius 1 is 0.414 bits per heavy atom. The number of rotatable bonds is 6. The lowest BCUT2D eigenvalue weighted by Gasteiger charge is -2.22. The summed E-state index contributed by atoms with van der Waals surface area (Å²) in [5, 5.41) is 0. The predicted octanol–water partition coefficient (Wildman–Crippen LogP) is 6.29. The molecule has 2 unspecified atom stereocenters. The first-order valence-electron chi connectivity index (χ1n) is 10.2. The molecule has 0 spiro atoms. The Labute approximate surface area is 172 Å². The monoisotopic (exact) mass is 376 g/mol. The van der Waals surface area contributed by atoms with E-state index in [0.29, 0.717) is 0 Å². The summed E-state index contributed by atoms with van der Waals surface area (Å²) in [4.78, 5) is 0. The van der Waals surface area contributed by atoms with Gasteiger partial charge in [-0.2, -0.15) is 0 Å². The first kappa shape index (κ1) is 17.9. The van der Waals surface area contributed by atoms with E-state index in [9.17, 15) is 0 Å². The molecule has 0 radical (unpaired) electrons. The van der Waals surface area contributed by atoms with E-state index in [1.807, 2.05) is 0 Å². The third-order valence-corrected chi connectivity index (χ3v) is 6.03. The van der Waals surface area contributed by atoms with Gasteiger partial charge in [0.15, 0.2) is 0 Å². The fourth-order valence-electron chi connectivity index (χ4n) is 4.60. The minimum absolute atomic E-state index is 0.382. The molecule has 0 aliphatic carbocycles. The molecule has 0 bridgehead atoms. The highest BCUT2D eigenvalue weighted by molar-refractivity contribution is 5.45. The van der Waals surface area contributed by atoms with Gasteiger partial charge < -0.3 is 4.74 Å². The SMILES string of the molecule is c1ccc(CC2(c3ccccc3)OC2(Cc2ccccc2)c2ccccc2)cc1. The van der Waals surface area contributed by atoms with Gasteiger partial charge in [-0.05, 0) is 22.3 Å². The lowest BCUT2D eigenvalue weighted by molar-refractivity contribution is 0.260. The molecule has 5 rings (SSSR count). The van der Waals surface area contributed by atoms with Crippen molar-refractivity contribution < 1.29 is 4.74 Å². The first-order chi connectivity index (χ1) is 14.3. The zero-order valence-electron chi connectivity index (χ0n) is 16.4. The normalized spacial score (nSPS) is 22.9. The van der Waals surface area contributed by atoms with E-state index in [2.05, 4.69) is 121 Å². The predicted molar refractivity (Wildman–Crippen MR) is 118 cm³/mol. The third-order valence-electron chi connectivity index (χ3n) is 6.03. The average molecular weight is 376 g/mol. The summed E-state index contributed by atoms with van der Waals surface area (Å²) >= 11 is 0. The molecular formula is C28H24O. The highest BCUT2D eigenvalue weighted by atomic mass is 16.6. The lowest BCUT2D eigenvalue weighted by atomic mass is 9.75. The van der Waals surface area contributed by atoms with Gasteiger partial charge >= 0.3 is 0 Å². The van der Waals surface area contributed by atoms with Crippen molar-refractivity contribution in [2.24, 2.45) is 0 Å². The second-order valence-electron chi connectivity index (χ2n) is 7.81. The molecule has 1 aliphatic heterocycles.